The van der Waals surface area contributed by atoms with E-state index in [0.29, 0.717) is 23.1 Å². The number of aryl methyl sites for hydroxylation is 1. The highest BCUT2D eigenvalue weighted by Gasteiger charge is 2.30. The van der Waals surface area contributed by atoms with Crippen molar-refractivity contribution in [3.05, 3.63) is 65.1 Å². The van der Waals surface area contributed by atoms with Crippen molar-refractivity contribution in [2.45, 2.75) is 58.4 Å². The largest absolute Gasteiger partial charge is 0.313 e. The minimum Gasteiger partial charge on any atom is -0.313 e. The van der Waals surface area contributed by atoms with Crippen molar-refractivity contribution in [1.29, 1.82) is 10.8 Å². The van der Waals surface area contributed by atoms with Crippen LogP contribution in [0.25, 0.3) is 0 Å². The van der Waals surface area contributed by atoms with Crippen molar-refractivity contribution in [3.63, 3.8) is 0 Å². The second-order valence-corrected chi connectivity index (χ2v) is 9.23. The topological polar surface area (TPSA) is 118 Å². The van der Waals surface area contributed by atoms with E-state index in [1.165, 1.54) is 24.9 Å². The molecular formula is C27H33N7O. The number of hydrogen-bond donors (Lipinski definition) is 3. The first-order valence-corrected chi connectivity index (χ1v) is 12.3. The number of allylic oxidation sites excluding steroid dienone is 2. The predicted molar refractivity (Wildman–Crippen MR) is 140 cm³/mol. The molecule has 2 heterocycles. The van der Waals surface area contributed by atoms with E-state index in [1.54, 1.807) is 29.3 Å². The number of carbonyl (C=O) groups is 1. The Kier molecular flexibility index (Phi) is 7.48. The molecular weight excluding hydrogens is 438 g/mol. The van der Waals surface area contributed by atoms with E-state index < -0.39 is 0 Å². The van der Waals surface area contributed by atoms with Gasteiger partial charge in [-0.15, -0.1) is 0 Å². The molecule has 0 saturated heterocycles. The second-order valence-electron chi connectivity index (χ2n) is 9.23. The molecule has 8 heteroatoms. The fraction of sp³-hybridized carbons (Fsp3) is 0.407. The quantitative estimate of drug-likeness (QED) is 0.335. The first kappa shape index (κ1) is 24.4. The van der Waals surface area contributed by atoms with Gasteiger partial charge in [0.2, 0.25) is 0 Å². The van der Waals surface area contributed by atoms with Crippen molar-refractivity contribution in [3.8, 4) is 0 Å². The number of nitrogens with zero attached hydrogens (tertiary/aromatic N) is 4. The van der Waals surface area contributed by atoms with Gasteiger partial charge in [-0.05, 0) is 80.9 Å². The van der Waals surface area contributed by atoms with Crippen LogP contribution in [0.1, 0.15) is 72.8 Å². The third-order valence-corrected chi connectivity index (χ3v) is 6.33. The SMILES string of the molecule is CC/N=C(\C=C/C(C)c1cc(C(=O)Nc2cccc(C(=N)N(C=N)C3CC3)n2)ncc1C)C1CC1. The zero-order valence-corrected chi connectivity index (χ0v) is 20.6. The molecule has 2 saturated carbocycles. The molecule has 1 amide bonds. The van der Waals surface area contributed by atoms with Crippen LogP contribution in [0.4, 0.5) is 5.82 Å². The van der Waals surface area contributed by atoms with Crippen LogP contribution in [-0.4, -0.2) is 51.2 Å². The summed E-state index contributed by atoms with van der Waals surface area (Å²) in [6, 6.07) is 7.18. The summed E-state index contributed by atoms with van der Waals surface area (Å²) in [6.07, 6.45) is 11.6. The molecule has 3 N–H and O–H groups in total. The average molecular weight is 472 g/mol. The molecule has 8 nitrogen and oxygen atoms in total. The van der Waals surface area contributed by atoms with Gasteiger partial charge in [0.25, 0.3) is 5.91 Å². The third kappa shape index (κ3) is 6.07. The Labute approximate surface area is 206 Å². The summed E-state index contributed by atoms with van der Waals surface area (Å²) in [6.45, 7) is 6.96. The lowest BCUT2D eigenvalue weighted by atomic mass is 9.96. The summed E-state index contributed by atoms with van der Waals surface area (Å²) in [5, 5.41) is 18.8. The van der Waals surface area contributed by atoms with E-state index in [4.69, 9.17) is 10.8 Å². The van der Waals surface area contributed by atoms with Gasteiger partial charge in [0.05, 0.1) is 6.34 Å². The summed E-state index contributed by atoms with van der Waals surface area (Å²) in [4.78, 5) is 28.0. The van der Waals surface area contributed by atoms with E-state index in [9.17, 15) is 4.79 Å². The Morgan fingerprint density at radius 3 is 2.71 bits per heavy atom. The molecule has 0 aliphatic heterocycles. The molecule has 1 atom stereocenters. The van der Waals surface area contributed by atoms with Gasteiger partial charge in [0.15, 0.2) is 5.84 Å². The summed E-state index contributed by atoms with van der Waals surface area (Å²) >= 11 is 0. The predicted octanol–water partition coefficient (Wildman–Crippen LogP) is 4.96. The molecule has 2 aromatic heterocycles. The van der Waals surface area contributed by atoms with Crippen LogP contribution < -0.4 is 5.32 Å². The van der Waals surface area contributed by atoms with Crippen LogP contribution in [0.3, 0.4) is 0 Å². The first-order chi connectivity index (χ1) is 16.9. The van der Waals surface area contributed by atoms with E-state index >= 15 is 0 Å². The highest BCUT2D eigenvalue weighted by atomic mass is 16.1. The van der Waals surface area contributed by atoms with Gasteiger partial charge in [-0.3, -0.25) is 25.6 Å². The molecule has 0 bridgehead atoms. The van der Waals surface area contributed by atoms with Gasteiger partial charge in [-0.2, -0.15) is 0 Å². The van der Waals surface area contributed by atoms with Crippen LogP contribution in [0.15, 0.2) is 47.6 Å². The molecule has 0 radical (unpaired) electrons. The van der Waals surface area contributed by atoms with Crippen molar-refractivity contribution < 1.29 is 4.79 Å². The third-order valence-electron chi connectivity index (χ3n) is 6.33. The molecule has 35 heavy (non-hydrogen) atoms. The Hall–Kier alpha value is -3.68. The maximum atomic E-state index is 13.0. The standard InChI is InChI=1S/C27H33N7O/c1-4-30-22(19-9-10-19)13-8-17(2)21-14-24(31-15-18(21)3)27(35)33-25-7-5-6-23(32-25)26(29)34(16-28)20-11-12-20/h5-8,13-17,19-20,28-29H,4,9-12H2,1-3H3,(H,32,33,35)/b13-8-,28-16?,29-26?,30-22+. The maximum Gasteiger partial charge on any atom is 0.275 e. The number of amides is 1. The number of hydrogen-bond acceptors (Lipinski definition) is 6. The average Bonchev–Trinajstić information content (AvgIpc) is 3.76. The van der Waals surface area contributed by atoms with Crippen molar-refractivity contribution in [2.75, 3.05) is 11.9 Å². The lowest BCUT2D eigenvalue weighted by Crippen LogP contribution is -2.32. The normalized spacial score (nSPS) is 16.7. The molecule has 2 aliphatic rings. The summed E-state index contributed by atoms with van der Waals surface area (Å²) in [7, 11) is 0. The molecule has 2 fully saturated rings. The van der Waals surface area contributed by atoms with E-state index in [1.807, 2.05) is 13.0 Å². The fourth-order valence-corrected chi connectivity index (χ4v) is 4.03. The minimum absolute atomic E-state index is 0.113. The first-order valence-electron chi connectivity index (χ1n) is 12.3. The lowest BCUT2D eigenvalue weighted by Gasteiger charge is -2.18. The smallest absolute Gasteiger partial charge is 0.275 e. The zero-order valence-electron chi connectivity index (χ0n) is 20.6. The number of pyridine rings is 2. The van der Waals surface area contributed by atoms with Gasteiger partial charge < -0.3 is 10.2 Å². The van der Waals surface area contributed by atoms with E-state index in [-0.39, 0.29) is 23.7 Å². The number of aromatic nitrogens is 2. The van der Waals surface area contributed by atoms with Crippen LogP contribution >= 0.6 is 0 Å². The molecule has 4 rings (SSSR count). The number of carbonyl (C=O) groups excluding carboxylic acids is 1. The molecule has 182 valence electrons. The number of rotatable bonds is 10. The van der Waals surface area contributed by atoms with Crippen LogP contribution in [-0.2, 0) is 0 Å². The van der Waals surface area contributed by atoms with Crippen molar-refractivity contribution >= 4 is 29.6 Å². The highest BCUT2D eigenvalue weighted by Crippen LogP contribution is 2.32. The van der Waals surface area contributed by atoms with Gasteiger partial charge in [-0.1, -0.05) is 19.1 Å². The van der Waals surface area contributed by atoms with Gasteiger partial charge in [0, 0.05) is 30.4 Å². The molecule has 0 aromatic carbocycles. The Morgan fingerprint density at radius 2 is 2.06 bits per heavy atom. The fourth-order valence-electron chi connectivity index (χ4n) is 4.03. The molecule has 0 spiro atoms. The van der Waals surface area contributed by atoms with Crippen LogP contribution in [0.5, 0.6) is 0 Å². The number of nitrogens with one attached hydrogen (secondary N) is 3. The molecule has 2 aromatic rings. The van der Waals surface area contributed by atoms with Crippen LogP contribution in [0.2, 0.25) is 0 Å². The summed E-state index contributed by atoms with van der Waals surface area (Å²) < 4.78 is 0. The van der Waals surface area contributed by atoms with Gasteiger partial charge >= 0.3 is 0 Å². The second kappa shape index (κ2) is 10.7. The minimum atomic E-state index is -0.351. The summed E-state index contributed by atoms with van der Waals surface area (Å²) in [5.74, 6) is 0.864. The van der Waals surface area contributed by atoms with E-state index in [0.717, 1.165) is 30.5 Å². The van der Waals surface area contributed by atoms with Gasteiger partial charge in [-0.25, -0.2) is 4.98 Å². The molecule has 1 unspecified atom stereocenters. The monoisotopic (exact) mass is 471 g/mol. The number of amidine groups is 1. The lowest BCUT2D eigenvalue weighted by molar-refractivity contribution is 0.102. The Morgan fingerprint density at radius 1 is 1.29 bits per heavy atom. The maximum absolute atomic E-state index is 13.0. The van der Waals surface area contributed by atoms with Crippen molar-refractivity contribution in [1.82, 2.24) is 14.9 Å². The van der Waals surface area contributed by atoms with Crippen LogP contribution in [0, 0.1) is 23.7 Å². The number of aliphatic imine (C=N–C) groups is 1. The number of anilines is 1. The highest BCUT2D eigenvalue weighted by molar-refractivity contribution is 6.04. The van der Waals surface area contributed by atoms with Gasteiger partial charge in [0.1, 0.15) is 17.2 Å². The Bertz CT molecular complexity index is 1180. The molecule has 2 aliphatic carbocycles. The Balaban J connectivity index is 1.47. The zero-order chi connectivity index (χ0) is 24.9. The van der Waals surface area contributed by atoms with Crippen molar-refractivity contribution in [2.24, 2.45) is 10.9 Å². The van der Waals surface area contributed by atoms with E-state index in [2.05, 4.69) is 46.3 Å². The summed E-state index contributed by atoms with van der Waals surface area (Å²) in [5.41, 5.74) is 3.97.